The Morgan fingerprint density at radius 3 is 2.68 bits per heavy atom. The SMILES string of the molecule is COc1ccccc1CN(C)S(=O)(=O)c1ccc2c(c1)CCN2C(=O)C1CC1. The Balaban J connectivity index is 1.57. The van der Waals surface area contributed by atoms with Crippen LogP contribution in [0.2, 0.25) is 0 Å². The number of amides is 1. The molecule has 0 bridgehead atoms. The highest BCUT2D eigenvalue weighted by molar-refractivity contribution is 7.89. The standard InChI is InChI=1S/C21H24N2O4S/c1-22(14-17-5-3-4-6-20(17)27-2)28(25,26)18-9-10-19-16(13-18)11-12-23(19)21(24)15-7-8-15/h3-6,9-10,13,15H,7-8,11-12,14H2,1-2H3. The molecule has 0 unspecified atom stereocenters. The van der Waals surface area contributed by atoms with E-state index in [2.05, 4.69) is 0 Å². The van der Waals surface area contributed by atoms with Crippen molar-refractivity contribution in [1.29, 1.82) is 0 Å². The summed E-state index contributed by atoms with van der Waals surface area (Å²) in [6, 6.07) is 12.5. The van der Waals surface area contributed by atoms with Crippen LogP contribution in [0.15, 0.2) is 47.4 Å². The maximum absolute atomic E-state index is 13.1. The first-order valence-electron chi connectivity index (χ1n) is 9.44. The Morgan fingerprint density at radius 1 is 1.21 bits per heavy atom. The number of carbonyl (C=O) groups excluding carboxylic acids is 1. The fourth-order valence-electron chi connectivity index (χ4n) is 3.66. The fourth-order valence-corrected chi connectivity index (χ4v) is 4.86. The van der Waals surface area contributed by atoms with Crippen molar-refractivity contribution in [3.05, 3.63) is 53.6 Å². The van der Waals surface area contributed by atoms with Crippen molar-refractivity contribution < 1.29 is 17.9 Å². The third-order valence-corrected chi connectivity index (χ3v) is 7.23. The van der Waals surface area contributed by atoms with E-state index in [9.17, 15) is 13.2 Å². The summed E-state index contributed by atoms with van der Waals surface area (Å²) in [7, 11) is -0.512. The highest BCUT2D eigenvalue weighted by Gasteiger charge is 2.37. The van der Waals surface area contributed by atoms with Crippen molar-refractivity contribution in [1.82, 2.24) is 4.31 Å². The number of hydrogen-bond donors (Lipinski definition) is 0. The lowest BCUT2D eigenvalue weighted by atomic mass is 10.2. The van der Waals surface area contributed by atoms with E-state index < -0.39 is 10.0 Å². The van der Waals surface area contributed by atoms with E-state index in [-0.39, 0.29) is 23.3 Å². The van der Waals surface area contributed by atoms with Gasteiger partial charge in [0.05, 0.1) is 12.0 Å². The third kappa shape index (κ3) is 3.40. The number of nitrogens with zero attached hydrogens (tertiary/aromatic N) is 2. The van der Waals surface area contributed by atoms with Gasteiger partial charge in [-0.15, -0.1) is 0 Å². The molecule has 0 spiro atoms. The molecular weight excluding hydrogens is 376 g/mol. The number of methoxy groups -OCH3 is 1. The van der Waals surface area contributed by atoms with E-state index in [1.165, 1.54) is 4.31 Å². The van der Waals surface area contributed by atoms with Crippen LogP contribution >= 0.6 is 0 Å². The molecule has 1 aliphatic carbocycles. The van der Waals surface area contributed by atoms with Gasteiger partial charge in [0, 0.05) is 37.3 Å². The lowest BCUT2D eigenvalue weighted by Crippen LogP contribution is -2.30. The van der Waals surface area contributed by atoms with E-state index in [0.29, 0.717) is 18.7 Å². The number of sulfonamides is 1. The number of fused-ring (bicyclic) bond motifs is 1. The van der Waals surface area contributed by atoms with Crippen molar-refractivity contribution in [3.8, 4) is 5.75 Å². The Hall–Kier alpha value is -2.38. The van der Waals surface area contributed by atoms with Crippen LogP contribution in [0.5, 0.6) is 5.75 Å². The quantitative estimate of drug-likeness (QED) is 0.748. The molecule has 0 N–H and O–H groups in total. The molecule has 6 nitrogen and oxygen atoms in total. The molecule has 28 heavy (non-hydrogen) atoms. The van der Waals surface area contributed by atoms with Gasteiger partial charge in [-0.3, -0.25) is 4.79 Å². The number of rotatable bonds is 6. The maximum Gasteiger partial charge on any atom is 0.243 e. The first-order chi connectivity index (χ1) is 13.4. The van der Waals surface area contributed by atoms with Gasteiger partial charge < -0.3 is 9.64 Å². The number of anilines is 1. The number of hydrogen-bond acceptors (Lipinski definition) is 4. The third-order valence-electron chi connectivity index (χ3n) is 5.43. The van der Waals surface area contributed by atoms with Crippen LogP contribution in [0.1, 0.15) is 24.0 Å². The Bertz CT molecular complexity index is 1010. The van der Waals surface area contributed by atoms with Crippen LogP contribution < -0.4 is 9.64 Å². The van der Waals surface area contributed by atoms with Crippen molar-refractivity contribution in [2.24, 2.45) is 5.92 Å². The molecule has 1 saturated carbocycles. The van der Waals surface area contributed by atoms with Crippen LogP contribution in [0, 0.1) is 5.92 Å². The predicted molar refractivity (Wildman–Crippen MR) is 107 cm³/mol. The Kier molecular flexibility index (Phi) is 4.89. The largest absolute Gasteiger partial charge is 0.496 e. The lowest BCUT2D eigenvalue weighted by molar-refractivity contribution is -0.119. The maximum atomic E-state index is 13.1. The van der Waals surface area contributed by atoms with Crippen LogP contribution in [0.4, 0.5) is 5.69 Å². The van der Waals surface area contributed by atoms with Crippen LogP contribution in [0.25, 0.3) is 0 Å². The molecule has 148 valence electrons. The summed E-state index contributed by atoms with van der Waals surface area (Å²) >= 11 is 0. The van der Waals surface area contributed by atoms with Crippen molar-refractivity contribution >= 4 is 21.6 Å². The molecule has 1 aliphatic heterocycles. The molecule has 2 aromatic carbocycles. The van der Waals surface area contributed by atoms with E-state index in [1.807, 2.05) is 29.2 Å². The molecule has 1 amide bonds. The van der Waals surface area contributed by atoms with Gasteiger partial charge in [-0.05, 0) is 49.1 Å². The predicted octanol–water partition coefficient (Wildman–Crippen LogP) is 2.82. The van der Waals surface area contributed by atoms with Gasteiger partial charge in [-0.1, -0.05) is 18.2 Å². The van der Waals surface area contributed by atoms with E-state index in [0.717, 1.165) is 29.7 Å². The van der Waals surface area contributed by atoms with Crippen molar-refractivity contribution in [2.75, 3.05) is 25.6 Å². The molecule has 1 heterocycles. The van der Waals surface area contributed by atoms with Gasteiger partial charge in [-0.2, -0.15) is 4.31 Å². The van der Waals surface area contributed by atoms with Crippen LogP contribution in [-0.4, -0.2) is 39.3 Å². The molecule has 1 fully saturated rings. The summed E-state index contributed by atoms with van der Waals surface area (Å²) in [5.41, 5.74) is 2.57. The number of benzene rings is 2. The summed E-state index contributed by atoms with van der Waals surface area (Å²) in [5.74, 6) is 0.983. The molecule has 0 atom stereocenters. The number of para-hydroxylation sites is 1. The average Bonchev–Trinajstić information content (AvgIpc) is 3.46. The van der Waals surface area contributed by atoms with E-state index >= 15 is 0 Å². The molecule has 2 aromatic rings. The first kappa shape index (κ1) is 19.0. The normalized spacial score (nSPS) is 16.3. The van der Waals surface area contributed by atoms with Gasteiger partial charge in [-0.25, -0.2) is 8.42 Å². The molecular formula is C21H24N2O4S. The second-order valence-electron chi connectivity index (χ2n) is 7.38. The molecule has 7 heteroatoms. The molecule has 2 aliphatic rings. The minimum atomic E-state index is -3.65. The van der Waals surface area contributed by atoms with Crippen LogP contribution in [0.3, 0.4) is 0 Å². The number of ether oxygens (including phenoxy) is 1. The van der Waals surface area contributed by atoms with Gasteiger partial charge in [0.1, 0.15) is 5.75 Å². The Morgan fingerprint density at radius 2 is 1.96 bits per heavy atom. The summed E-state index contributed by atoms with van der Waals surface area (Å²) < 4.78 is 32.8. The minimum Gasteiger partial charge on any atom is -0.496 e. The van der Waals surface area contributed by atoms with Gasteiger partial charge in [0.2, 0.25) is 15.9 Å². The highest BCUT2D eigenvalue weighted by atomic mass is 32.2. The number of carbonyl (C=O) groups is 1. The molecule has 4 rings (SSSR count). The molecule has 0 radical (unpaired) electrons. The van der Waals surface area contributed by atoms with Crippen molar-refractivity contribution in [3.63, 3.8) is 0 Å². The summed E-state index contributed by atoms with van der Waals surface area (Å²) in [4.78, 5) is 14.5. The first-order valence-corrected chi connectivity index (χ1v) is 10.9. The summed E-state index contributed by atoms with van der Waals surface area (Å²) in [6.45, 7) is 0.848. The Labute approximate surface area is 165 Å². The zero-order valence-electron chi connectivity index (χ0n) is 16.1. The minimum absolute atomic E-state index is 0.154. The van der Waals surface area contributed by atoms with Gasteiger partial charge >= 0.3 is 0 Å². The topological polar surface area (TPSA) is 66.9 Å². The second-order valence-corrected chi connectivity index (χ2v) is 9.42. The highest BCUT2D eigenvalue weighted by Crippen LogP contribution is 2.37. The monoisotopic (exact) mass is 400 g/mol. The van der Waals surface area contributed by atoms with E-state index in [4.69, 9.17) is 4.74 Å². The summed E-state index contributed by atoms with van der Waals surface area (Å²) in [5, 5.41) is 0. The van der Waals surface area contributed by atoms with Crippen LogP contribution in [-0.2, 0) is 27.8 Å². The zero-order chi connectivity index (χ0) is 19.9. The second kappa shape index (κ2) is 7.22. The molecule has 0 saturated heterocycles. The molecule has 0 aromatic heterocycles. The van der Waals surface area contributed by atoms with Gasteiger partial charge in [0.25, 0.3) is 0 Å². The van der Waals surface area contributed by atoms with Gasteiger partial charge in [0.15, 0.2) is 0 Å². The smallest absolute Gasteiger partial charge is 0.243 e. The average molecular weight is 401 g/mol. The lowest BCUT2D eigenvalue weighted by Gasteiger charge is -2.20. The fraction of sp³-hybridized carbons (Fsp3) is 0.381. The zero-order valence-corrected chi connectivity index (χ0v) is 16.9. The van der Waals surface area contributed by atoms with E-state index in [1.54, 1.807) is 32.4 Å². The van der Waals surface area contributed by atoms with Crippen molar-refractivity contribution in [2.45, 2.75) is 30.7 Å². The summed E-state index contributed by atoms with van der Waals surface area (Å²) in [6.07, 6.45) is 2.61.